The molecular formula is C26H28Cl2Zr. The van der Waals surface area contributed by atoms with Crippen molar-refractivity contribution in [3.8, 4) is 11.1 Å². The van der Waals surface area contributed by atoms with Crippen molar-refractivity contribution in [3.05, 3.63) is 79.7 Å². The van der Waals surface area contributed by atoms with Gasteiger partial charge in [-0.15, -0.1) is 0 Å². The summed E-state index contributed by atoms with van der Waals surface area (Å²) in [5.74, 6) is 0.677. The van der Waals surface area contributed by atoms with E-state index >= 15 is 0 Å². The van der Waals surface area contributed by atoms with Crippen LogP contribution in [0.2, 0.25) is 0 Å². The van der Waals surface area contributed by atoms with Gasteiger partial charge in [-0.2, -0.15) is 0 Å². The van der Waals surface area contributed by atoms with Crippen molar-refractivity contribution in [3.63, 3.8) is 0 Å². The number of hydrogen-bond acceptors (Lipinski definition) is 0. The van der Waals surface area contributed by atoms with Gasteiger partial charge in [0.05, 0.1) is 0 Å². The van der Waals surface area contributed by atoms with Gasteiger partial charge in [0.1, 0.15) is 0 Å². The van der Waals surface area contributed by atoms with Crippen molar-refractivity contribution in [2.24, 2.45) is 16.7 Å². The van der Waals surface area contributed by atoms with Crippen molar-refractivity contribution in [2.45, 2.75) is 45.2 Å². The van der Waals surface area contributed by atoms with Gasteiger partial charge in [0.15, 0.2) is 0 Å². The Morgan fingerprint density at radius 3 is 1.76 bits per heavy atom. The predicted molar refractivity (Wildman–Crippen MR) is 110 cm³/mol. The van der Waals surface area contributed by atoms with Gasteiger partial charge < -0.3 is 24.8 Å². The van der Waals surface area contributed by atoms with Gasteiger partial charge in [-0.3, -0.25) is 0 Å². The normalized spacial score (nSPS) is 21.0. The van der Waals surface area contributed by atoms with E-state index in [0.29, 0.717) is 15.0 Å². The minimum atomic E-state index is -0.783. The summed E-state index contributed by atoms with van der Waals surface area (Å²) < 4.78 is 2.54. The van der Waals surface area contributed by atoms with Crippen molar-refractivity contribution >= 4 is 0 Å². The summed E-state index contributed by atoms with van der Waals surface area (Å²) in [4.78, 5) is 0. The third-order valence-corrected chi connectivity index (χ3v) is 11.5. The molecule has 0 spiro atoms. The standard InChI is InChI=1S/C13H9.C13H19.2ClH.Zr/c1-3-7-12-10(5-1)9-11-6-2-4-8-13(11)12;1-8-7-9-11(12(2,3)4)10(8)13(9,5)6;;;/h1-9H;8H,1-6H3;2*1H;/q;;;;+2/p-2. The maximum atomic E-state index is 2.49. The number of allylic oxidation sites excluding steroid dienone is 4. The molecule has 0 amide bonds. The van der Waals surface area contributed by atoms with Crippen molar-refractivity contribution < 1.29 is 48.0 Å². The molecule has 0 heterocycles. The molecule has 4 aliphatic rings. The zero-order chi connectivity index (χ0) is 19.1. The maximum absolute atomic E-state index is 2.49. The molecule has 29 heavy (non-hydrogen) atoms. The van der Waals surface area contributed by atoms with Gasteiger partial charge in [-0.25, -0.2) is 0 Å². The van der Waals surface area contributed by atoms with Gasteiger partial charge >= 0.3 is 176 Å². The van der Waals surface area contributed by atoms with Crippen LogP contribution in [-0.4, -0.2) is 0 Å². The van der Waals surface area contributed by atoms with Gasteiger partial charge in [-0.05, 0) is 0 Å². The number of benzene rings is 2. The van der Waals surface area contributed by atoms with Crippen LogP contribution in [-0.2, 0) is 23.2 Å². The number of halogens is 2. The predicted octanol–water partition coefficient (Wildman–Crippen LogP) is 1.13. The second-order valence-electron chi connectivity index (χ2n) is 9.93. The molecule has 2 aromatic rings. The van der Waals surface area contributed by atoms with E-state index in [0.717, 1.165) is 0 Å². The number of hydrogen-bond donors (Lipinski definition) is 0. The Hall–Kier alpha value is -0.617. The average Bonchev–Trinajstić information content (AvgIpc) is 3.17. The molecule has 0 nitrogen and oxygen atoms in total. The molecule has 150 valence electrons. The van der Waals surface area contributed by atoms with Crippen molar-refractivity contribution in [1.29, 1.82) is 0 Å². The SMILES string of the molecule is CC1[C]([Zr+2][CH]2c3ccccc3-c3ccccc32)=C2C(C(C)(C)C)=C1C2(C)C.[Cl-].[Cl-]. The minimum absolute atomic E-state index is 0. The van der Waals surface area contributed by atoms with Gasteiger partial charge in [0.2, 0.25) is 0 Å². The van der Waals surface area contributed by atoms with Gasteiger partial charge in [0.25, 0.3) is 0 Å². The first-order valence-corrected chi connectivity index (χ1v) is 12.8. The Bertz CT molecular complexity index is 991. The number of fused-ring (bicyclic) bond motifs is 4. The summed E-state index contributed by atoms with van der Waals surface area (Å²) in [6, 6.07) is 18.3. The molecule has 2 aromatic carbocycles. The fourth-order valence-corrected chi connectivity index (χ4v) is 11.0. The van der Waals surface area contributed by atoms with E-state index < -0.39 is 23.2 Å². The third-order valence-electron chi connectivity index (χ3n) is 6.84. The van der Waals surface area contributed by atoms with E-state index in [1.807, 2.05) is 3.28 Å². The molecular weight excluding hydrogens is 474 g/mol. The Labute approximate surface area is 199 Å². The van der Waals surface area contributed by atoms with Crippen LogP contribution in [0.4, 0.5) is 0 Å². The van der Waals surface area contributed by atoms with Crippen LogP contribution in [0.25, 0.3) is 11.1 Å². The Balaban J connectivity index is 0.00000120. The molecule has 4 aliphatic carbocycles. The molecule has 1 atom stereocenters. The first-order valence-electron chi connectivity index (χ1n) is 10.2. The second kappa shape index (κ2) is 7.51. The zero-order valence-corrected chi connectivity index (χ0v) is 22.0. The van der Waals surface area contributed by atoms with Crippen molar-refractivity contribution in [1.82, 2.24) is 0 Å². The van der Waals surface area contributed by atoms with Crippen LogP contribution in [0.5, 0.6) is 0 Å². The Morgan fingerprint density at radius 2 is 1.31 bits per heavy atom. The summed E-state index contributed by atoms with van der Waals surface area (Å²) in [7, 11) is 0. The van der Waals surface area contributed by atoms with Crippen LogP contribution in [0.1, 0.15) is 56.3 Å². The second-order valence-corrected chi connectivity index (χ2v) is 13.4. The van der Waals surface area contributed by atoms with E-state index in [-0.39, 0.29) is 30.2 Å². The fourth-order valence-electron chi connectivity index (χ4n) is 5.86. The maximum Gasteiger partial charge on any atom is -1.00 e. The van der Waals surface area contributed by atoms with E-state index in [2.05, 4.69) is 90.1 Å². The molecule has 3 heteroatoms. The largest absolute Gasteiger partial charge is 1.00 e. The average molecular weight is 503 g/mol. The molecule has 6 rings (SSSR count). The quantitative estimate of drug-likeness (QED) is 0.578. The zero-order valence-electron chi connectivity index (χ0n) is 18.0. The van der Waals surface area contributed by atoms with E-state index in [4.69, 9.17) is 0 Å². The molecule has 0 saturated carbocycles. The number of rotatable bonds is 2. The molecule has 0 radical (unpaired) electrons. The Kier molecular flexibility index (Phi) is 5.97. The first-order chi connectivity index (χ1) is 12.7. The summed E-state index contributed by atoms with van der Waals surface area (Å²) in [5.41, 5.74) is 12.0. The molecule has 2 bridgehead atoms. The molecule has 0 saturated heterocycles. The molecule has 0 aromatic heterocycles. The van der Waals surface area contributed by atoms with Crippen LogP contribution in [0.3, 0.4) is 0 Å². The molecule has 0 fully saturated rings. The topological polar surface area (TPSA) is 0 Å². The first kappa shape index (κ1) is 23.1. The molecule has 0 N–H and O–H groups in total. The van der Waals surface area contributed by atoms with Crippen molar-refractivity contribution in [2.75, 3.05) is 0 Å². The van der Waals surface area contributed by atoms with E-state index in [1.54, 1.807) is 27.8 Å². The van der Waals surface area contributed by atoms with Crippen LogP contribution in [0, 0.1) is 16.7 Å². The third kappa shape index (κ3) is 3.10. The monoisotopic (exact) mass is 500 g/mol. The fraction of sp³-hybridized carbons (Fsp3) is 0.385. The summed E-state index contributed by atoms with van der Waals surface area (Å²) in [6.45, 7) is 14.6. The van der Waals surface area contributed by atoms with Crippen LogP contribution < -0.4 is 24.8 Å². The minimum Gasteiger partial charge on any atom is -1.00 e. The van der Waals surface area contributed by atoms with Gasteiger partial charge in [0, 0.05) is 0 Å². The van der Waals surface area contributed by atoms with E-state index in [1.165, 1.54) is 11.1 Å². The summed E-state index contributed by atoms with van der Waals surface area (Å²) >= 11 is -0.783. The van der Waals surface area contributed by atoms with Gasteiger partial charge in [-0.1, -0.05) is 0 Å². The molecule has 0 aliphatic heterocycles. The van der Waals surface area contributed by atoms with Crippen LogP contribution in [0.15, 0.2) is 68.5 Å². The Morgan fingerprint density at radius 1 is 0.828 bits per heavy atom. The summed E-state index contributed by atoms with van der Waals surface area (Å²) in [5, 5.41) is 0. The summed E-state index contributed by atoms with van der Waals surface area (Å²) in [6.07, 6.45) is 0. The van der Waals surface area contributed by atoms with E-state index in [9.17, 15) is 0 Å². The smallest absolute Gasteiger partial charge is 1.00 e. The van der Waals surface area contributed by atoms with Crippen LogP contribution >= 0.6 is 0 Å². The molecule has 1 unspecified atom stereocenters.